The maximum Gasteiger partial charge on any atom is 0.300 e. The minimum absolute atomic E-state index is 0.833. The molecule has 44 valence electrons. The maximum atomic E-state index is 9.00. The van der Waals surface area contributed by atoms with Gasteiger partial charge in [-0.15, -0.1) is 0 Å². The molecule has 0 aliphatic carbocycles. The quantitative estimate of drug-likeness (QED) is 0.557. The number of carbonyl (C=O) groups is 1. The number of halogens is 1. The average Bonchev–Trinajstić information content (AvgIpc) is 1.33. The standard InChI is InChI=1S/C2H5Br.C2H4O2/c1-2-3;1-2(3)4/h2H2,1H3;1H3,(H,3,4). The van der Waals surface area contributed by atoms with Gasteiger partial charge in [-0.1, -0.05) is 22.9 Å². The fourth-order valence-electron chi connectivity index (χ4n) is 0. The zero-order valence-corrected chi connectivity index (χ0v) is 6.03. The second-order valence-electron chi connectivity index (χ2n) is 0.786. The van der Waals surface area contributed by atoms with Crippen LogP contribution in [0.15, 0.2) is 0 Å². The van der Waals surface area contributed by atoms with Gasteiger partial charge in [0.05, 0.1) is 0 Å². The van der Waals surface area contributed by atoms with Gasteiger partial charge in [0.25, 0.3) is 5.97 Å². The van der Waals surface area contributed by atoms with Crippen LogP contribution in [0.3, 0.4) is 0 Å². The van der Waals surface area contributed by atoms with Gasteiger partial charge in [0.1, 0.15) is 0 Å². The van der Waals surface area contributed by atoms with E-state index < -0.39 is 5.97 Å². The largest absolute Gasteiger partial charge is 0.481 e. The van der Waals surface area contributed by atoms with Gasteiger partial charge in [-0.3, -0.25) is 4.79 Å². The zero-order chi connectivity index (χ0) is 6.28. The van der Waals surface area contributed by atoms with E-state index in [2.05, 4.69) is 15.9 Å². The molecule has 0 aliphatic rings. The van der Waals surface area contributed by atoms with Crippen molar-refractivity contribution in [1.29, 1.82) is 0 Å². The first-order valence-electron chi connectivity index (χ1n) is 1.90. The van der Waals surface area contributed by atoms with Crippen LogP contribution in [0.25, 0.3) is 0 Å². The summed E-state index contributed by atoms with van der Waals surface area (Å²) in [7, 11) is 0. The highest BCUT2D eigenvalue weighted by Gasteiger charge is 1.65. The lowest BCUT2D eigenvalue weighted by Gasteiger charge is -1.59. The number of alkyl halides is 1. The second-order valence-corrected chi connectivity index (χ2v) is 1.91. The summed E-state index contributed by atoms with van der Waals surface area (Å²) in [5.74, 6) is -0.833. The van der Waals surface area contributed by atoms with Gasteiger partial charge in [0.15, 0.2) is 0 Å². The van der Waals surface area contributed by atoms with Gasteiger partial charge in [-0.25, -0.2) is 0 Å². The third kappa shape index (κ3) is 37100. The van der Waals surface area contributed by atoms with Crippen molar-refractivity contribution in [2.24, 2.45) is 0 Å². The van der Waals surface area contributed by atoms with Crippen molar-refractivity contribution in [3.63, 3.8) is 0 Å². The molecule has 0 fully saturated rings. The monoisotopic (exact) mass is 168 g/mol. The van der Waals surface area contributed by atoms with Crippen molar-refractivity contribution < 1.29 is 9.90 Å². The van der Waals surface area contributed by atoms with Gasteiger partial charge in [0.2, 0.25) is 0 Å². The molecule has 0 bridgehead atoms. The first-order valence-corrected chi connectivity index (χ1v) is 3.02. The molecule has 0 aliphatic heterocycles. The molecule has 0 spiro atoms. The third-order valence-corrected chi connectivity index (χ3v) is 0. The molecule has 0 heterocycles. The summed E-state index contributed by atoms with van der Waals surface area (Å²) in [6, 6.07) is 0. The Bertz CT molecular complexity index is 41.0. The molecule has 7 heavy (non-hydrogen) atoms. The van der Waals surface area contributed by atoms with Crippen LogP contribution in [0, 0.1) is 0 Å². The summed E-state index contributed by atoms with van der Waals surface area (Å²) in [6.07, 6.45) is 0. The molecule has 0 rings (SSSR count). The molecule has 0 unspecified atom stereocenters. The van der Waals surface area contributed by atoms with Crippen LogP contribution < -0.4 is 0 Å². The Hall–Kier alpha value is -0.0500. The average molecular weight is 169 g/mol. The third-order valence-electron chi connectivity index (χ3n) is 0. The minimum atomic E-state index is -0.833. The molecule has 0 saturated carbocycles. The van der Waals surface area contributed by atoms with E-state index in [1.165, 1.54) is 0 Å². The number of aliphatic carboxylic acids is 1. The highest BCUT2D eigenvalue weighted by molar-refractivity contribution is 9.09. The van der Waals surface area contributed by atoms with Crippen molar-refractivity contribution in [2.75, 3.05) is 5.33 Å². The number of carboxylic acid groups (broad SMARTS) is 1. The number of rotatable bonds is 0. The SMILES string of the molecule is CC(=O)O.CCBr. The number of hydrogen-bond acceptors (Lipinski definition) is 1. The lowest BCUT2D eigenvalue weighted by Crippen LogP contribution is -1.78. The van der Waals surface area contributed by atoms with Crippen LogP contribution in [0.5, 0.6) is 0 Å². The van der Waals surface area contributed by atoms with E-state index in [0.717, 1.165) is 12.3 Å². The molecule has 0 radical (unpaired) electrons. The van der Waals surface area contributed by atoms with Crippen LogP contribution in [-0.4, -0.2) is 16.4 Å². The lowest BCUT2D eigenvalue weighted by molar-refractivity contribution is -0.134. The van der Waals surface area contributed by atoms with E-state index in [1.54, 1.807) is 0 Å². The van der Waals surface area contributed by atoms with Gasteiger partial charge in [-0.2, -0.15) is 0 Å². The van der Waals surface area contributed by atoms with E-state index in [9.17, 15) is 0 Å². The molecule has 3 heteroatoms. The molecule has 0 saturated heterocycles. The normalized spacial score (nSPS) is 6.14. The summed E-state index contributed by atoms with van der Waals surface area (Å²) in [6.45, 7) is 3.12. The van der Waals surface area contributed by atoms with Crippen LogP contribution >= 0.6 is 15.9 Å². The molecule has 0 aromatic carbocycles. The predicted octanol–water partition coefficient (Wildman–Crippen LogP) is 1.49. The molecule has 0 atom stereocenters. The Morgan fingerprint density at radius 3 is 1.86 bits per heavy atom. The van der Waals surface area contributed by atoms with Crippen molar-refractivity contribution in [3.05, 3.63) is 0 Å². The highest BCUT2D eigenvalue weighted by Crippen LogP contribution is 1.67. The topological polar surface area (TPSA) is 37.3 Å². The molecule has 2 nitrogen and oxygen atoms in total. The van der Waals surface area contributed by atoms with Crippen LogP contribution in [0.4, 0.5) is 0 Å². The maximum absolute atomic E-state index is 9.00. The van der Waals surface area contributed by atoms with Gasteiger partial charge in [0, 0.05) is 12.3 Å². The first-order chi connectivity index (χ1) is 3.15. The van der Waals surface area contributed by atoms with E-state index in [4.69, 9.17) is 9.90 Å². The lowest BCUT2D eigenvalue weighted by atomic mass is 10.9. The van der Waals surface area contributed by atoms with Crippen LogP contribution in [0.2, 0.25) is 0 Å². The first kappa shape index (κ1) is 10.0. The fourth-order valence-corrected chi connectivity index (χ4v) is 0. The summed E-state index contributed by atoms with van der Waals surface area (Å²) in [5, 5.41) is 8.48. The van der Waals surface area contributed by atoms with E-state index in [-0.39, 0.29) is 0 Å². The predicted molar refractivity (Wildman–Crippen MR) is 32.8 cm³/mol. The van der Waals surface area contributed by atoms with E-state index in [1.807, 2.05) is 6.92 Å². The van der Waals surface area contributed by atoms with Crippen LogP contribution in [0.1, 0.15) is 13.8 Å². The van der Waals surface area contributed by atoms with Crippen molar-refractivity contribution >= 4 is 21.9 Å². The highest BCUT2D eigenvalue weighted by atomic mass is 79.9. The van der Waals surface area contributed by atoms with Crippen molar-refractivity contribution in [2.45, 2.75) is 13.8 Å². The van der Waals surface area contributed by atoms with Crippen LogP contribution in [-0.2, 0) is 4.79 Å². The van der Waals surface area contributed by atoms with Crippen molar-refractivity contribution in [3.8, 4) is 0 Å². The summed E-state index contributed by atoms with van der Waals surface area (Å²) < 4.78 is 0. The molecular weight excluding hydrogens is 160 g/mol. The Kier molecular flexibility index (Phi) is 13.4. The van der Waals surface area contributed by atoms with Gasteiger partial charge >= 0.3 is 0 Å². The zero-order valence-electron chi connectivity index (χ0n) is 4.44. The second kappa shape index (κ2) is 9.34. The molecule has 1 N–H and O–H groups in total. The number of carboxylic acids is 1. The molecule has 0 aromatic rings. The molecule has 0 aromatic heterocycles. The van der Waals surface area contributed by atoms with Crippen molar-refractivity contribution in [1.82, 2.24) is 0 Å². The van der Waals surface area contributed by atoms with Gasteiger partial charge < -0.3 is 5.11 Å². The molecular formula is C4H9BrO2. The Morgan fingerprint density at radius 1 is 1.86 bits per heavy atom. The van der Waals surface area contributed by atoms with Gasteiger partial charge in [-0.05, 0) is 0 Å². The Labute approximate surface area is 51.7 Å². The molecule has 0 amide bonds. The Morgan fingerprint density at radius 2 is 1.86 bits per heavy atom. The summed E-state index contributed by atoms with van der Waals surface area (Å²) >= 11 is 3.15. The Balaban J connectivity index is 0. The van der Waals surface area contributed by atoms with E-state index >= 15 is 0 Å². The smallest absolute Gasteiger partial charge is 0.300 e. The minimum Gasteiger partial charge on any atom is -0.481 e. The summed E-state index contributed by atoms with van der Waals surface area (Å²) in [5.41, 5.74) is 0. The number of hydrogen-bond donors (Lipinski definition) is 1. The summed E-state index contributed by atoms with van der Waals surface area (Å²) in [4.78, 5) is 9.00. The van der Waals surface area contributed by atoms with E-state index in [0.29, 0.717) is 0 Å². The fraction of sp³-hybridized carbons (Fsp3) is 0.750.